The molecule has 0 bridgehead atoms. The fraction of sp³-hybridized carbons (Fsp3) is 0.471. The minimum Gasteiger partial charge on any atom is -0.378 e. The lowest BCUT2D eigenvalue weighted by atomic mass is 10.0. The maximum atomic E-state index is 13.0. The standard InChI is InChI=1S/C15H14F4N4O2.C2H6/c1-14(25,8-23-7-10(16)6-21-23)13(24)22-11-3-2-9(5-20)12(4-11)15(17,18)19;1-2/h2-4,6,10,25H,7-8H2,1H3,(H,22,24);1-2H3/t10?,14-;/m0./s1. The van der Waals surface area contributed by atoms with Crippen molar-refractivity contribution in [2.24, 2.45) is 5.10 Å². The number of nitriles is 1. The predicted molar refractivity (Wildman–Crippen MR) is 91.7 cm³/mol. The number of hydrazone groups is 1. The second kappa shape index (κ2) is 8.81. The van der Waals surface area contributed by atoms with Crippen LogP contribution in [-0.4, -0.2) is 47.1 Å². The van der Waals surface area contributed by atoms with Gasteiger partial charge in [0.15, 0.2) is 11.8 Å². The molecule has 1 aliphatic heterocycles. The summed E-state index contributed by atoms with van der Waals surface area (Å²) in [6, 6.07) is 4.08. The summed E-state index contributed by atoms with van der Waals surface area (Å²) in [4.78, 5) is 12.1. The number of alkyl halides is 4. The Hall–Kier alpha value is -2.67. The number of amides is 1. The number of β-amino-alcohol motifs (C(OH)–C–C–N with tert-alkyl or cyclic N) is 1. The van der Waals surface area contributed by atoms with Crippen LogP contribution in [0.15, 0.2) is 23.3 Å². The number of carbonyl (C=O) groups is 1. The highest BCUT2D eigenvalue weighted by Gasteiger charge is 2.36. The van der Waals surface area contributed by atoms with Crippen molar-refractivity contribution < 1.29 is 27.5 Å². The summed E-state index contributed by atoms with van der Waals surface area (Å²) in [7, 11) is 0. The third-order valence-electron chi connectivity index (χ3n) is 3.46. The van der Waals surface area contributed by atoms with E-state index < -0.39 is 35.0 Å². The fourth-order valence-corrected chi connectivity index (χ4v) is 2.21. The monoisotopic (exact) mass is 388 g/mol. The number of benzene rings is 1. The highest BCUT2D eigenvalue weighted by Crippen LogP contribution is 2.33. The molecule has 0 fully saturated rings. The molecule has 27 heavy (non-hydrogen) atoms. The number of aliphatic hydroxyl groups is 1. The number of hydrogen-bond donors (Lipinski definition) is 2. The Bertz CT molecular complexity index is 741. The number of rotatable bonds is 4. The third-order valence-corrected chi connectivity index (χ3v) is 3.46. The molecule has 2 N–H and O–H groups in total. The first-order valence-electron chi connectivity index (χ1n) is 8.11. The van der Waals surface area contributed by atoms with Gasteiger partial charge in [-0.15, -0.1) is 0 Å². The summed E-state index contributed by atoms with van der Waals surface area (Å²) in [6.45, 7) is 4.68. The highest BCUT2D eigenvalue weighted by molar-refractivity contribution is 5.97. The van der Waals surface area contributed by atoms with Crippen molar-refractivity contribution in [2.45, 2.75) is 38.7 Å². The maximum Gasteiger partial charge on any atom is 0.417 e. The van der Waals surface area contributed by atoms with Crippen LogP contribution in [0.2, 0.25) is 0 Å². The van der Waals surface area contributed by atoms with Gasteiger partial charge in [-0.1, -0.05) is 13.8 Å². The second-order valence-electron chi connectivity index (χ2n) is 5.73. The van der Waals surface area contributed by atoms with Crippen LogP contribution in [0.4, 0.5) is 23.2 Å². The average Bonchev–Trinajstić information content (AvgIpc) is 3.00. The van der Waals surface area contributed by atoms with E-state index in [0.29, 0.717) is 6.07 Å². The van der Waals surface area contributed by atoms with E-state index in [1.807, 2.05) is 13.8 Å². The first-order chi connectivity index (χ1) is 12.5. The summed E-state index contributed by atoms with van der Waals surface area (Å²) in [5.41, 5.74) is -4.03. The van der Waals surface area contributed by atoms with Gasteiger partial charge >= 0.3 is 6.18 Å². The van der Waals surface area contributed by atoms with Crippen molar-refractivity contribution in [3.05, 3.63) is 29.3 Å². The van der Waals surface area contributed by atoms with Crippen LogP contribution in [0.5, 0.6) is 0 Å². The fourth-order valence-electron chi connectivity index (χ4n) is 2.21. The molecule has 0 spiro atoms. The van der Waals surface area contributed by atoms with Crippen LogP contribution in [0.3, 0.4) is 0 Å². The summed E-state index contributed by atoms with van der Waals surface area (Å²) >= 11 is 0. The summed E-state index contributed by atoms with van der Waals surface area (Å²) < 4.78 is 51.8. The lowest BCUT2D eigenvalue weighted by Gasteiger charge is -2.27. The van der Waals surface area contributed by atoms with Gasteiger partial charge in [-0.2, -0.15) is 23.5 Å². The number of carbonyl (C=O) groups excluding carboxylic acids is 1. The summed E-state index contributed by atoms with van der Waals surface area (Å²) in [5, 5.41) is 25.9. The molecule has 6 nitrogen and oxygen atoms in total. The molecule has 1 amide bonds. The van der Waals surface area contributed by atoms with Crippen molar-refractivity contribution >= 4 is 17.8 Å². The van der Waals surface area contributed by atoms with Crippen LogP contribution in [-0.2, 0) is 11.0 Å². The Morgan fingerprint density at radius 2 is 2.07 bits per heavy atom. The zero-order valence-electron chi connectivity index (χ0n) is 15.0. The van der Waals surface area contributed by atoms with Gasteiger partial charge in [-0.05, 0) is 25.1 Å². The van der Waals surface area contributed by atoms with E-state index in [2.05, 4.69) is 10.4 Å². The number of hydrogen-bond acceptors (Lipinski definition) is 5. The molecule has 10 heteroatoms. The topological polar surface area (TPSA) is 88.7 Å². The Kier molecular flexibility index (Phi) is 7.30. The largest absolute Gasteiger partial charge is 0.417 e. The van der Waals surface area contributed by atoms with E-state index in [1.165, 1.54) is 6.07 Å². The summed E-state index contributed by atoms with van der Waals surface area (Å²) in [6.07, 6.45) is -5.06. The molecule has 1 unspecified atom stereocenters. The van der Waals surface area contributed by atoms with Crippen LogP contribution in [0, 0.1) is 11.3 Å². The number of anilines is 1. The van der Waals surface area contributed by atoms with Crippen molar-refractivity contribution in [3.63, 3.8) is 0 Å². The Balaban J connectivity index is 0.00000176. The molecule has 1 aromatic carbocycles. The second-order valence-corrected chi connectivity index (χ2v) is 5.73. The van der Waals surface area contributed by atoms with Gasteiger partial charge in [-0.25, -0.2) is 4.39 Å². The molecule has 1 aromatic rings. The van der Waals surface area contributed by atoms with Gasteiger partial charge in [0, 0.05) is 5.69 Å². The zero-order valence-corrected chi connectivity index (χ0v) is 15.0. The van der Waals surface area contributed by atoms with Gasteiger partial charge in [0.05, 0.1) is 36.5 Å². The van der Waals surface area contributed by atoms with Crippen molar-refractivity contribution in [2.75, 3.05) is 18.4 Å². The lowest BCUT2D eigenvalue weighted by molar-refractivity contribution is -0.138. The van der Waals surface area contributed by atoms with Gasteiger partial charge in [0.25, 0.3) is 5.91 Å². The molecule has 148 valence electrons. The molecule has 2 atom stereocenters. The highest BCUT2D eigenvalue weighted by atomic mass is 19.4. The molecule has 0 aliphatic carbocycles. The van der Waals surface area contributed by atoms with Gasteiger partial charge in [-0.3, -0.25) is 9.80 Å². The minimum absolute atomic E-state index is 0.126. The number of nitrogens with one attached hydrogen (secondary N) is 1. The van der Waals surface area contributed by atoms with E-state index in [0.717, 1.165) is 30.3 Å². The van der Waals surface area contributed by atoms with Crippen molar-refractivity contribution in [1.29, 1.82) is 5.26 Å². The van der Waals surface area contributed by atoms with Crippen LogP contribution >= 0.6 is 0 Å². The van der Waals surface area contributed by atoms with E-state index in [1.54, 1.807) is 0 Å². The van der Waals surface area contributed by atoms with E-state index in [4.69, 9.17) is 5.26 Å². The molecule has 1 aliphatic rings. The predicted octanol–water partition coefficient (Wildman–Crippen LogP) is 2.93. The SMILES string of the molecule is CC.C[C@](O)(CN1CC(F)C=N1)C(=O)Nc1ccc(C#N)c(C(F)(F)F)c1. The quantitative estimate of drug-likeness (QED) is 0.777. The van der Waals surface area contributed by atoms with Crippen LogP contribution in [0.25, 0.3) is 0 Å². The van der Waals surface area contributed by atoms with Crippen molar-refractivity contribution in [1.82, 2.24) is 5.01 Å². The smallest absolute Gasteiger partial charge is 0.378 e. The molecule has 2 rings (SSSR count). The zero-order chi connectivity index (χ0) is 20.8. The van der Waals surface area contributed by atoms with E-state index >= 15 is 0 Å². The molecule has 1 heterocycles. The third kappa shape index (κ3) is 5.92. The number of nitrogens with zero attached hydrogens (tertiary/aromatic N) is 3. The van der Waals surface area contributed by atoms with Gasteiger partial charge < -0.3 is 10.4 Å². The van der Waals surface area contributed by atoms with Gasteiger partial charge in [0.1, 0.15) is 0 Å². The van der Waals surface area contributed by atoms with Gasteiger partial charge in [0.2, 0.25) is 0 Å². The molecule has 0 radical (unpaired) electrons. The number of halogens is 4. The van der Waals surface area contributed by atoms with E-state index in [9.17, 15) is 27.5 Å². The van der Waals surface area contributed by atoms with Crippen LogP contribution in [0.1, 0.15) is 31.9 Å². The minimum atomic E-state index is -4.77. The average molecular weight is 388 g/mol. The first-order valence-corrected chi connectivity index (χ1v) is 8.11. The molecule has 0 saturated carbocycles. The lowest BCUT2D eigenvalue weighted by Crippen LogP contribution is -2.48. The summed E-state index contributed by atoms with van der Waals surface area (Å²) in [5.74, 6) is -0.983. The van der Waals surface area contributed by atoms with Crippen molar-refractivity contribution in [3.8, 4) is 6.07 Å². The molecule has 0 saturated heterocycles. The molecular weight excluding hydrogens is 368 g/mol. The maximum absolute atomic E-state index is 13.0. The Labute approximate surface area is 154 Å². The first kappa shape index (κ1) is 22.4. The van der Waals surface area contributed by atoms with Crippen LogP contribution < -0.4 is 5.32 Å². The molecular formula is C17H20F4N4O2. The Morgan fingerprint density at radius 1 is 1.44 bits per heavy atom. The van der Waals surface area contributed by atoms with E-state index in [-0.39, 0.29) is 18.8 Å². The molecule has 0 aromatic heterocycles. The Morgan fingerprint density at radius 3 is 2.56 bits per heavy atom. The normalized spacial score (nSPS) is 18.2.